The minimum Gasteiger partial charge on any atom is -0.342 e. The molecule has 0 N–H and O–H groups in total. The van der Waals surface area contributed by atoms with Crippen LogP contribution in [0.2, 0.25) is 0 Å². The van der Waals surface area contributed by atoms with Gasteiger partial charge >= 0.3 is 0 Å². The monoisotopic (exact) mass is 443 g/mol. The molecule has 3 aromatic rings. The molecule has 172 valence electrons. The van der Waals surface area contributed by atoms with E-state index in [0.29, 0.717) is 31.0 Å². The van der Waals surface area contributed by atoms with Crippen LogP contribution in [0, 0.1) is 11.8 Å². The smallest absolute Gasteiger partial charge is 0.272 e. The van der Waals surface area contributed by atoms with Crippen molar-refractivity contribution in [3.8, 4) is 0 Å². The number of hydrogen-bond acceptors (Lipinski definition) is 3. The van der Waals surface area contributed by atoms with Crippen LogP contribution in [0.25, 0.3) is 11.0 Å². The maximum Gasteiger partial charge on any atom is 0.272 e. The van der Waals surface area contributed by atoms with E-state index in [0.717, 1.165) is 42.9 Å². The highest BCUT2D eigenvalue weighted by molar-refractivity contribution is 5.77. The molecule has 1 amide bonds. The van der Waals surface area contributed by atoms with E-state index in [2.05, 4.69) is 17.1 Å². The highest BCUT2D eigenvalue weighted by Crippen LogP contribution is 2.36. The molecule has 5 heteroatoms. The normalized spacial score (nSPS) is 20.5. The predicted octanol–water partition coefficient (Wildman–Crippen LogP) is 4.61. The molecule has 5 nitrogen and oxygen atoms in total. The number of aromatic nitrogens is 2. The van der Waals surface area contributed by atoms with Crippen molar-refractivity contribution in [1.29, 1.82) is 0 Å². The Balaban J connectivity index is 1.31. The summed E-state index contributed by atoms with van der Waals surface area (Å²) in [6.45, 7) is 2.37. The van der Waals surface area contributed by atoms with E-state index in [1.807, 2.05) is 51.9 Å². The summed E-state index contributed by atoms with van der Waals surface area (Å²) in [5.74, 6) is 1.65. The van der Waals surface area contributed by atoms with Crippen LogP contribution in [-0.2, 0) is 24.2 Å². The molecule has 0 radical (unpaired) electrons. The molecule has 1 saturated carbocycles. The van der Waals surface area contributed by atoms with Crippen molar-refractivity contribution in [2.45, 2.75) is 57.9 Å². The van der Waals surface area contributed by atoms with Gasteiger partial charge < -0.3 is 9.47 Å². The number of carbonyl (C=O) groups excluding carboxylic acids is 1. The molecule has 2 heterocycles. The maximum absolute atomic E-state index is 13.4. The molecule has 1 aromatic heterocycles. The Kier molecular flexibility index (Phi) is 6.56. The summed E-state index contributed by atoms with van der Waals surface area (Å²) in [6.07, 6.45) is 7.91. The molecule has 1 saturated heterocycles. The molecule has 2 fully saturated rings. The lowest BCUT2D eigenvalue weighted by molar-refractivity contribution is -0.134. The highest BCUT2D eigenvalue weighted by Gasteiger charge is 2.32. The first-order chi connectivity index (χ1) is 16.2. The average molecular weight is 444 g/mol. The Morgan fingerprint density at radius 2 is 1.67 bits per heavy atom. The van der Waals surface area contributed by atoms with Crippen LogP contribution in [0.5, 0.6) is 0 Å². The molecule has 0 bridgehead atoms. The number of piperidine rings is 1. The van der Waals surface area contributed by atoms with Crippen LogP contribution in [0.1, 0.15) is 49.8 Å². The van der Waals surface area contributed by atoms with Crippen molar-refractivity contribution in [2.24, 2.45) is 11.8 Å². The van der Waals surface area contributed by atoms with E-state index in [-0.39, 0.29) is 11.5 Å². The Morgan fingerprint density at radius 1 is 0.909 bits per heavy atom. The van der Waals surface area contributed by atoms with Gasteiger partial charge in [-0.2, -0.15) is 0 Å². The Hall–Kier alpha value is -2.95. The van der Waals surface area contributed by atoms with Crippen molar-refractivity contribution >= 4 is 16.9 Å². The first-order valence-electron chi connectivity index (χ1n) is 12.5. The second-order valence-electron chi connectivity index (χ2n) is 9.67. The number of benzene rings is 2. The summed E-state index contributed by atoms with van der Waals surface area (Å²) in [5.41, 5.74) is 3.31. The summed E-state index contributed by atoms with van der Waals surface area (Å²) < 4.78 is 1.84. The zero-order valence-corrected chi connectivity index (χ0v) is 19.3. The Morgan fingerprint density at radius 3 is 2.52 bits per heavy atom. The van der Waals surface area contributed by atoms with Gasteiger partial charge in [-0.05, 0) is 48.8 Å². The van der Waals surface area contributed by atoms with Crippen LogP contribution in [0.15, 0.2) is 59.4 Å². The second kappa shape index (κ2) is 9.90. The number of para-hydroxylation sites is 2. The van der Waals surface area contributed by atoms with Gasteiger partial charge in [0.25, 0.3) is 5.56 Å². The van der Waals surface area contributed by atoms with Crippen molar-refractivity contribution in [2.75, 3.05) is 13.1 Å². The topological polar surface area (TPSA) is 55.2 Å². The van der Waals surface area contributed by atoms with Crippen LogP contribution in [-0.4, -0.2) is 33.4 Å². The third-order valence-electron chi connectivity index (χ3n) is 7.61. The molecule has 2 atom stereocenters. The number of fused-ring (bicyclic) bond motifs is 2. The second-order valence-corrected chi connectivity index (χ2v) is 9.67. The van der Waals surface area contributed by atoms with Crippen LogP contribution in [0.3, 0.4) is 0 Å². The summed E-state index contributed by atoms with van der Waals surface area (Å²) >= 11 is 0. The van der Waals surface area contributed by atoms with Gasteiger partial charge in [-0.25, -0.2) is 4.98 Å². The van der Waals surface area contributed by atoms with E-state index in [1.165, 1.54) is 31.2 Å². The Labute approximate surface area is 195 Å². The molecule has 33 heavy (non-hydrogen) atoms. The number of carbonyl (C=O) groups is 1. The van der Waals surface area contributed by atoms with E-state index < -0.39 is 0 Å². The zero-order chi connectivity index (χ0) is 22.6. The first-order valence-corrected chi connectivity index (χ1v) is 12.5. The number of hydrogen-bond donors (Lipinski definition) is 0. The minimum atomic E-state index is -0.0663. The predicted molar refractivity (Wildman–Crippen MR) is 131 cm³/mol. The van der Waals surface area contributed by atoms with Gasteiger partial charge in [-0.3, -0.25) is 9.59 Å². The van der Waals surface area contributed by atoms with Gasteiger partial charge in [0.2, 0.25) is 5.91 Å². The van der Waals surface area contributed by atoms with Gasteiger partial charge in [-0.15, -0.1) is 0 Å². The fraction of sp³-hybridized carbons (Fsp3) is 0.464. The van der Waals surface area contributed by atoms with E-state index in [9.17, 15) is 9.59 Å². The molecule has 2 aliphatic rings. The van der Waals surface area contributed by atoms with Gasteiger partial charge in [0.05, 0.1) is 11.0 Å². The van der Waals surface area contributed by atoms with Crippen molar-refractivity contribution in [3.05, 3.63) is 76.2 Å². The number of amides is 1. The fourth-order valence-corrected chi connectivity index (χ4v) is 5.73. The maximum atomic E-state index is 13.4. The molecule has 1 aliphatic heterocycles. The first kappa shape index (κ1) is 21.9. The lowest BCUT2D eigenvalue weighted by Gasteiger charge is -2.41. The van der Waals surface area contributed by atoms with Gasteiger partial charge in [0.15, 0.2) is 0 Å². The van der Waals surface area contributed by atoms with Crippen molar-refractivity contribution < 1.29 is 4.79 Å². The van der Waals surface area contributed by atoms with E-state index in [4.69, 9.17) is 0 Å². The number of aryl methyl sites for hydroxylation is 3. The number of rotatable bonds is 6. The molecule has 2 unspecified atom stereocenters. The standard InChI is InChI=1S/C28H33N3O2/c32-27(30-18-17-22-10-4-5-11-23(22)20-30)15-14-25-28(33)31(19-16-21-8-2-1-3-9-21)26-13-7-6-12-24(26)29-25/h1-3,6-9,12-13,22-23H,4-5,10-11,14-20H2. The van der Waals surface area contributed by atoms with Crippen molar-refractivity contribution in [3.63, 3.8) is 0 Å². The highest BCUT2D eigenvalue weighted by atomic mass is 16.2. The summed E-state index contributed by atoms with van der Waals surface area (Å²) in [6, 6.07) is 18.0. The Bertz CT molecular complexity index is 1170. The van der Waals surface area contributed by atoms with E-state index in [1.54, 1.807) is 0 Å². The minimum absolute atomic E-state index is 0.0663. The molecule has 5 rings (SSSR count). The molecular formula is C28H33N3O2. The number of likely N-dealkylation sites (tertiary alicyclic amines) is 1. The summed E-state index contributed by atoms with van der Waals surface area (Å²) in [7, 11) is 0. The van der Waals surface area contributed by atoms with E-state index >= 15 is 0 Å². The SMILES string of the molecule is O=C(CCc1nc2ccccc2n(CCc2ccccc2)c1=O)N1CCC2CCCCC2C1. The van der Waals surface area contributed by atoms with Gasteiger partial charge in [-0.1, -0.05) is 61.7 Å². The number of nitrogens with zero attached hydrogens (tertiary/aromatic N) is 3. The van der Waals surface area contributed by atoms with Gasteiger partial charge in [0.1, 0.15) is 5.69 Å². The molecule has 0 spiro atoms. The van der Waals surface area contributed by atoms with Crippen LogP contribution >= 0.6 is 0 Å². The quantitative estimate of drug-likeness (QED) is 0.559. The average Bonchev–Trinajstić information content (AvgIpc) is 2.87. The lowest BCUT2D eigenvalue weighted by Crippen LogP contribution is -2.45. The van der Waals surface area contributed by atoms with Crippen LogP contribution < -0.4 is 5.56 Å². The summed E-state index contributed by atoms with van der Waals surface area (Å²) in [5, 5.41) is 0. The summed E-state index contributed by atoms with van der Waals surface area (Å²) in [4.78, 5) is 33.1. The molecular weight excluding hydrogens is 410 g/mol. The fourth-order valence-electron chi connectivity index (χ4n) is 5.73. The largest absolute Gasteiger partial charge is 0.342 e. The third-order valence-corrected chi connectivity index (χ3v) is 7.61. The third kappa shape index (κ3) is 4.87. The van der Waals surface area contributed by atoms with Gasteiger partial charge in [0, 0.05) is 32.5 Å². The molecule has 2 aromatic carbocycles. The van der Waals surface area contributed by atoms with Crippen molar-refractivity contribution in [1.82, 2.24) is 14.5 Å². The zero-order valence-electron chi connectivity index (χ0n) is 19.3. The van der Waals surface area contributed by atoms with Crippen LogP contribution in [0.4, 0.5) is 0 Å². The molecule has 1 aliphatic carbocycles. The lowest BCUT2D eigenvalue weighted by atomic mass is 9.75.